The lowest BCUT2D eigenvalue weighted by atomic mass is 9.91. The van der Waals surface area contributed by atoms with Crippen LogP contribution in [0.15, 0.2) is 72.8 Å². The predicted octanol–water partition coefficient (Wildman–Crippen LogP) is 7.40. The van der Waals surface area contributed by atoms with Gasteiger partial charge in [-0.2, -0.15) is 0 Å². The minimum absolute atomic E-state index is 0.107. The van der Waals surface area contributed by atoms with Crippen LogP contribution in [0.5, 0.6) is 0 Å². The number of hydrogen-bond acceptors (Lipinski definition) is 4. The Morgan fingerprint density at radius 3 is 2.15 bits per heavy atom. The molecule has 4 atom stereocenters. The SMILES string of the molecule is CCCCC/C=C/[C@H]1[C@@H]2[C@H](O[Si](c3ccccc3)(c3ccccc3)C(C)(C)C)CC(=O)[C@@]21CCCCC(=O)OCC. The van der Waals surface area contributed by atoms with Gasteiger partial charge in [0.25, 0.3) is 8.32 Å². The van der Waals surface area contributed by atoms with Gasteiger partial charge in [-0.05, 0) is 53.9 Å². The van der Waals surface area contributed by atoms with E-state index in [2.05, 4.69) is 101 Å². The molecule has 5 heteroatoms. The lowest BCUT2D eigenvalue weighted by molar-refractivity contribution is -0.143. The van der Waals surface area contributed by atoms with E-state index < -0.39 is 8.32 Å². The van der Waals surface area contributed by atoms with Crippen molar-refractivity contribution in [3.8, 4) is 0 Å². The number of benzene rings is 2. The molecule has 0 N–H and O–H groups in total. The largest absolute Gasteiger partial charge is 0.466 e. The molecule has 0 heterocycles. The van der Waals surface area contributed by atoms with E-state index in [1.807, 2.05) is 6.92 Å². The highest BCUT2D eigenvalue weighted by atomic mass is 28.4. The Morgan fingerprint density at radius 1 is 0.951 bits per heavy atom. The first kappa shape index (κ1) is 31.4. The summed E-state index contributed by atoms with van der Waals surface area (Å²) >= 11 is 0. The first-order valence-corrected chi connectivity index (χ1v) is 17.8. The summed E-state index contributed by atoms with van der Waals surface area (Å²) in [6.07, 6.45) is 12.6. The maximum atomic E-state index is 13.9. The van der Waals surface area contributed by atoms with Gasteiger partial charge < -0.3 is 9.16 Å². The summed E-state index contributed by atoms with van der Waals surface area (Å²) in [5.74, 6) is 0.623. The average Bonchev–Trinajstić information content (AvgIpc) is 3.52. The number of carbonyl (C=O) groups is 2. The number of Topliss-reactive ketones (excluding diaryl/α,β-unsaturated/α-hetero) is 1. The number of esters is 1. The van der Waals surface area contributed by atoms with Gasteiger partial charge in [-0.1, -0.05) is 120 Å². The van der Waals surface area contributed by atoms with Crippen LogP contribution in [0.3, 0.4) is 0 Å². The average molecular weight is 575 g/mol. The highest BCUT2D eigenvalue weighted by molar-refractivity contribution is 6.99. The number of carbonyl (C=O) groups excluding carboxylic acids is 2. The van der Waals surface area contributed by atoms with E-state index in [1.165, 1.54) is 29.6 Å². The second kappa shape index (κ2) is 13.6. The zero-order valence-electron chi connectivity index (χ0n) is 25.9. The van der Waals surface area contributed by atoms with Crippen molar-refractivity contribution in [3.63, 3.8) is 0 Å². The monoisotopic (exact) mass is 574 g/mol. The molecule has 2 aromatic rings. The summed E-state index contributed by atoms with van der Waals surface area (Å²) in [7, 11) is -2.77. The number of allylic oxidation sites excluding steroid dienone is 2. The Hall–Kier alpha value is -2.50. The second-order valence-corrected chi connectivity index (χ2v) is 17.2. The third-order valence-corrected chi connectivity index (χ3v) is 14.4. The number of rotatable bonds is 15. The third kappa shape index (κ3) is 6.46. The zero-order valence-corrected chi connectivity index (χ0v) is 26.9. The molecule has 0 radical (unpaired) electrons. The first-order valence-electron chi connectivity index (χ1n) is 15.9. The predicted molar refractivity (Wildman–Crippen MR) is 170 cm³/mol. The van der Waals surface area contributed by atoms with Crippen molar-refractivity contribution in [1.29, 1.82) is 0 Å². The van der Waals surface area contributed by atoms with E-state index in [4.69, 9.17) is 9.16 Å². The normalized spacial score (nSPS) is 24.0. The van der Waals surface area contributed by atoms with Gasteiger partial charge in [0.2, 0.25) is 0 Å². The van der Waals surface area contributed by atoms with Gasteiger partial charge in [-0.3, -0.25) is 9.59 Å². The summed E-state index contributed by atoms with van der Waals surface area (Å²) in [4.78, 5) is 25.9. The van der Waals surface area contributed by atoms with Crippen molar-refractivity contribution in [2.24, 2.45) is 17.3 Å². The molecule has 222 valence electrons. The van der Waals surface area contributed by atoms with Crippen LogP contribution in [0.1, 0.15) is 92.4 Å². The molecule has 41 heavy (non-hydrogen) atoms. The van der Waals surface area contributed by atoms with Crippen LogP contribution in [0.25, 0.3) is 0 Å². The topological polar surface area (TPSA) is 52.6 Å². The molecule has 0 amide bonds. The summed E-state index contributed by atoms with van der Waals surface area (Å²) in [5.41, 5.74) is -0.355. The fourth-order valence-electron chi connectivity index (χ4n) is 7.41. The fraction of sp³-hybridized carbons (Fsp3) is 0.556. The Morgan fingerprint density at radius 2 is 1.59 bits per heavy atom. The molecule has 0 aliphatic heterocycles. The zero-order chi connectivity index (χ0) is 29.5. The van der Waals surface area contributed by atoms with Crippen molar-refractivity contribution in [3.05, 3.63) is 72.8 Å². The van der Waals surface area contributed by atoms with Gasteiger partial charge in [0.15, 0.2) is 0 Å². The van der Waals surface area contributed by atoms with Crippen LogP contribution in [0, 0.1) is 17.3 Å². The molecule has 4 rings (SSSR count). The number of ether oxygens (including phenoxy) is 1. The van der Waals surface area contributed by atoms with Gasteiger partial charge in [-0.15, -0.1) is 0 Å². The molecule has 2 saturated carbocycles. The maximum absolute atomic E-state index is 13.9. The van der Waals surface area contributed by atoms with Crippen molar-refractivity contribution in [1.82, 2.24) is 0 Å². The molecule has 2 aromatic carbocycles. The molecule has 0 unspecified atom stereocenters. The number of ketones is 1. The minimum atomic E-state index is -2.77. The van der Waals surface area contributed by atoms with Crippen LogP contribution < -0.4 is 10.4 Å². The molecule has 0 bridgehead atoms. The fourth-order valence-corrected chi connectivity index (χ4v) is 12.1. The van der Waals surface area contributed by atoms with E-state index in [0.717, 1.165) is 25.7 Å². The highest BCUT2D eigenvalue weighted by Crippen LogP contribution is 2.70. The molecule has 2 aliphatic carbocycles. The molecule has 2 fully saturated rings. The van der Waals surface area contributed by atoms with Gasteiger partial charge in [0.1, 0.15) is 5.78 Å². The van der Waals surface area contributed by atoms with E-state index in [9.17, 15) is 9.59 Å². The van der Waals surface area contributed by atoms with Crippen LogP contribution in [-0.2, 0) is 18.8 Å². The van der Waals surface area contributed by atoms with Gasteiger partial charge >= 0.3 is 5.97 Å². The quantitative estimate of drug-likeness (QED) is 0.0963. The van der Waals surface area contributed by atoms with Crippen molar-refractivity contribution in [2.75, 3.05) is 6.61 Å². The van der Waals surface area contributed by atoms with Gasteiger partial charge in [0, 0.05) is 24.2 Å². The molecule has 0 spiro atoms. The lowest BCUT2D eigenvalue weighted by Crippen LogP contribution is -2.67. The Bertz CT molecular complexity index is 1130. The van der Waals surface area contributed by atoms with Crippen LogP contribution in [-0.4, -0.2) is 32.8 Å². The van der Waals surface area contributed by atoms with E-state index in [-0.39, 0.29) is 34.4 Å². The van der Waals surface area contributed by atoms with Crippen LogP contribution in [0.2, 0.25) is 5.04 Å². The smallest absolute Gasteiger partial charge is 0.305 e. The summed E-state index contributed by atoms with van der Waals surface area (Å²) in [6.45, 7) is 11.4. The molecular formula is C36H50O4Si. The highest BCUT2D eigenvalue weighted by Gasteiger charge is 2.74. The molecular weight excluding hydrogens is 524 g/mol. The second-order valence-electron chi connectivity index (χ2n) is 13.0. The number of unbranched alkanes of at least 4 members (excludes halogenated alkanes) is 4. The van der Waals surface area contributed by atoms with Gasteiger partial charge in [-0.25, -0.2) is 0 Å². The van der Waals surface area contributed by atoms with Crippen molar-refractivity contribution in [2.45, 2.75) is 104 Å². The summed E-state index contributed by atoms with van der Waals surface area (Å²) < 4.78 is 12.7. The third-order valence-electron chi connectivity index (χ3n) is 9.36. The van der Waals surface area contributed by atoms with Crippen molar-refractivity contribution < 1.29 is 18.8 Å². The lowest BCUT2D eigenvalue weighted by Gasteiger charge is -2.45. The Balaban J connectivity index is 1.64. The van der Waals surface area contributed by atoms with Gasteiger partial charge in [0.05, 0.1) is 12.7 Å². The Labute approximate surface area is 249 Å². The van der Waals surface area contributed by atoms with E-state index in [1.54, 1.807) is 0 Å². The first-order chi connectivity index (χ1) is 19.7. The van der Waals surface area contributed by atoms with Crippen LogP contribution >= 0.6 is 0 Å². The number of hydrogen-bond donors (Lipinski definition) is 0. The van der Waals surface area contributed by atoms with Crippen molar-refractivity contribution >= 4 is 30.4 Å². The minimum Gasteiger partial charge on any atom is -0.466 e. The Kier molecular flexibility index (Phi) is 10.5. The summed E-state index contributed by atoms with van der Waals surface area (Å²) in [5, 5.41) is 2.38. The van der Waals surface area contributed by atoms with E-state index in [0.29, 0.717) is 25.2 Å². The molecule has 4 nitrogen and oxygen atoms in total. The van der Waals surface area contributed by atoms with E-state index >= 15 is 0 Å². The number of fused-ring (bicyclic) bond motifs is 1. The van der Waals surface area contributed by atoms with Crippen LogP contribution in [0.4, 0.5) is 0 Å². The molecule has 0 saturated heterocycles. The molecule has 0 aromatic heterocycles. The standard InChI is InChI=1S/C36H50O4Si/c1-6-8-9-10-17-24-30-34-31(27-32(37)36(30,34)26-19-18-25-33(38)39-7-2)40-41(35(3,4)5,28-20-13-11-14-21-28)29-22-15-12-16-23-29/h11-17,20-24,30-31,34H,6-10,18-19,25-27H2,1-5H3/b24-17+/t30-,31+,34+,36-/m0/s1. The maximum Gasteiger partial charge on any atom is 0.305 e. The molecule has 2 aliphatic rings. The summed E-state index contributed by atoms with van der Waals surface area (Å²) in [6, 6.07) is 21.5.